The molecule has 0 unspecified atom stereocenters. The number of nitrogens with zero attached hydrogens (tertiary/aromatic N) is 2. The normalized spacial score (nSPS) is 10.6. The minimum atomic E-state index is -1.22. The Hall–Kier alpha value is -4.67. The van der Waals surface area contributed by atoms with Gasteiger partial charge >= 0.3 is 6.09 Å². The summed E-state index contributed by atoms with van der Waals surface area (Å²) in [6.07, 6.45) is 0.00976. The number of anilines is 3. The van der Waals surface area contributed by atoms with Crippen molar-refractivity contribution in [2.45, 2.75) is 6.92 Å². The predicted molar refractivity (Wildman–Crippen MR) is 113 cm³/mol. The van der Waals surface area contributed by atoms with Crippen LogP contribution in [0.25, 0.3) is 11.0 Å². The number of aromatic nitrogens is 4. The van der Waals surface area contributed by atoms with E-state index in [1.165, 1.54) is 12.4 Å². The van der Waals surface area contributed by atoms with Crippen molar-refractivity contribution in [3.63, 3.8) is 0 Å². The molecule has 0 atom stereocenters. The van der Waals surface area contributed by atoms with Crippen LogP contribution in [0.1, 0.15) is 26.5 Å². The molecule has 2 heterocycles. The molecule has 0 aliphatic rings. The van der Waals surface area contributed by atoms with Crippen molar-refractivity contribution in [1.82, 2.24) is 19.9 Å². The Morgan fingerprint density at radius 1 is 1.00 bits per heavy atom. The fraction of sp³-hybridized carbons (Fsp3) is 0.0500. The molecule has 0 radical (unpaired) electrons. The van der Waals surface area contributed by atoms with E-state index in [4.69, 9.17) is 5.11 Å². The first-order chi connectivity index (χ1) is 14.9. The second-order valence-electron chi connectivity index (χ2n) is 6.60. The van der Waals surface area contributed by atoms with Crippen molar-refractivity contribution in [3.05, 3.63) is 65.7 Å². The van der Waals surface area contributed by atoms with Crippen LogP contribution in [-0.2, 0) is 0 Å². The van der Waals surface area contributed by atoms with Crippen molar-refractivity contribution >= 4 is 46.3 Å². The molecule has 156 valence electrons. The van der Waals surface area contributed by atoms with Crippen LogP contribution >= 0.6 is 0 Å². The van der Waals surface area contributed by atoms with Gasteiger partial charge in [0, 0.05) is 11.4 Å². The SMILES string of the molecule is Cc1ccc(NC(=O)O)cc1NC(=O)c1nc[nH]c1C(=O)Nc1nc2ccccc2[nH]1. The molecule has 4 aromatic rings. The monoisotopic (exact) mass is 419 g/mol. The van der Waals surface area contributed by atoms with Gasteiger partial charge < -0.3 is 20.4 Å². The van der Waals surface area contributed by atoms with Crippen LogP contribution in [0.4, 0.5) is 22.1 Å². The molecule has 11 nitrogen and oxygen atoms in total. The van der Waals surface area contributed by atoms with Gasteiger partial charge in [-0.3, -0.25) is 20.2 Å². The first kappa shape index (κ1) is 19.6. The van der Waals surface area contributed by atoms with E-state index in [1.807, 2.05) is 18.2 Å². The van der Waals surface area contributed by atoms with Gasteiger partial charge in [0.15, 0.2) is 5.69 Å². The van der Waals surface area contributed by atoms with E-state index < -0.39 is 17.9 Å². The first-order valence-electron chi connectivity index (χ1n) is 9.12. The highest BCUT2D eigenvalue weighted by Crippen LogP contribution is 2.21. The lowest BCUT2D eigenvalue weighted by Crippen LogP contribution is -2.21. The molecule has 0 spiro atoms. The first-order valence-corrected chi connectivity index (χ1v) is 9.12. The van der Waals surface area contributed by atoms with Gasteiger partial charge in [0.05, 0.1) is 17.4 Å². The average Bonchev–Trinajstić information content (AvgIpc) is 3.36. The van der Waals surface area contributed by atoms with Crippen LogP contribution in [0.2, 0.25) is 0 Å². The Labute approximate surface area is 174 Å². The predicted octanol–water partition coefficient (Wildman–Crippen LogP) is 3.19. The molecular weight excluding hydrogens is 402 g/mol. The van der Waals surface area contributed by atoms with Gasteiger partial charge in [-0.1, -0.05) is 18.2 Å². The minimum Gasteiger partial charge on any atom is -0.465 e. The van der Waals surface area contributed by atoms with Crippen LogP contribution in [0, 0.1) is 6.92 Å². The molecule has 4 rings (SSSR count). The molecule has 11 heteroatoms. The van der Waals surface area contributed by atoms with Crippen molar-refractivity contribution in [1.29, 1.82) is 0 Å². The number of aryl methyl sites for hydroxylation is 1. The number of carbonyl (C=O) groups is 3. The third kappa shape index (κ3) is 4.19. The molecule has 0 saturated heterocycles. The maximum atomic E-state index is 12.7. The van der Waals surface area contributed by atoms with E-state index in [1.54, 1.807) is 25.1 Å². The van der Waals surface area contributed by atoms with Gasteiger partial charge in [-0.05, 0) is 36.8 Å². The van der Waals surface area contributed by atoms with E-state index in [2.05, 4.69) is 35.9 Å². The molecule has 0 saturated carbocycles. The molecule has 0 bridgehead atoms. The Morgan fingerprint density at radius 3 is 2.58 bits per heavy atom. The summed E-state index contributed by atoms with van der Waals surface area (Å²) in [6.45, 7) is 1.75. The largest absolute Gasteiger partial charge is 0.465 e. The molecule has 0 fully saturated rings. The third-order valence-corrected chi connectivity index (χ3v) is 4.44. The quantitative estimate of drug-likeness (QED) is 0.291. The number of imidazole rings is 2. The van der Waals surface area contributed by atoms with Gasteiger partial charge in [0.25, 0.3) is 11.8 Å². The number of H-pyrrole nitrogens is 2. The number of amides is 3. The van der Waals surface area contributed by atoms with Crippen LogP contribution < -0.4 is 16.0 Å². The highest BCUT2D eigenvalue weighted by Gasteiger charge is 2.22. The lowest BCUT2D eigenvalue weighted by molar-refractivity contribution is 0.0985. The average molecular weight is 419 g/mol. The van der Waals surface area contributed by atoms with Crippen LogP contribution in [0.15, 0.2) is 48.8 Å². The Morgan fingerprint density at radius 2 is 1.81 bits per heavy atom. The summed E-state index contributed by atoms with van der Waals surface area (Å²) in [6, 6.07) is 12.0. The number of fused-ring (bicyclic) bond motifs is 1. The summed E-state index contributed by atoms with van der Waals surface area (Å²) >= 11 is 0. The zero-order valence-corrected chi connectivity index (χ0v) is 16.2. The van der Waals surface area contributed by atoms with Crippen LogP contribution in [0.5, 0.6) is 0 Å². The third-order valence-electron chi connectivity index (χ3n) is 4.44. The summed E-state index contributed by atoms with van der Waals surface area (Å²) in [5.74, 6) is -0.998. The summed E-state index contributed by atoms with van der Waals surface area (Å²) in [5, 5.41) is 16.3. The topological polar surface area (TPSA) is 165 Å². The smallest absolute Gasteiger partial charge is 0.409 e. The number of hydrogen-bond donors (Lipinski definition) is 6. The number of benzene rings is 2. The van der Waals surface area contributed by atoms with Crippen LogP contribution in [-0.4, -0.2) is 43.0 Å². The van der Waals surface area contributed by atoms with Crippen molar-refractivity contribution in [3.8, 4) is 0 Å². The number of nitrogens with one attached hydrogen (secondary N) is 5. The molecule has 0 aliphatic carbocycles. The van der Waals surface area contributed by atoms with E-state index in [9.17, 15) is 14.4 Å². The summed E-state index contributed by atoms with van der Waals surface area (Å²) in [5.41, 5.74) is 2.64. The van der Waals surface area contributed by atoms with Gasteiger partial charge in [-0.2, -0.15) is 0 Å². The molecule has 2 aromatic carbocycles. The second kappa shape index (κ2) is 7.99. The van der Waals surface area contributed by atoms with E-state index in [0.29, 0.717) is 22.5 Å². The van der Waals surface area contributed by atoms with Gasteiger partial charge in [0.1, 0.15) is 5.69 Å². The number of rotatable bonds is 5. The standard InChI is InChI=1S/C20H17N7O4/c1-10-6-7-11(23-20(30)31)8-14(10)24-17(28)15-16(22-9-21-15)18(29)27-19-25-12-4-2-3-5-13(12)26-19/h2-9,23H,1H3,(H,21,22)(H,24,28)(H,30,31)(H2,25,26,27,29). The summed E-state index contributed by atoms with van der Waals surface area (Å²) in [4.78, 5) is 50.1. The summed E-state index contributed by atoms with van der Waals surface area (Å²) in [7, 11) is 0. The van der Waals surface area contributed by atoms with Crippen LogP contribution in [0.3, 0.4) is 0 Å². The lowest BCUT2D eigenvalue weighted by Gasteiger charge is -2.10. The number of para-hydroxylation sites is 2. The minimum absolute atomic E-state index is 0.0459. The zero-order valence-electron chi connectivity index (χ0n) is 16.2. The molecule has 6 N–H and O–H groups in total. The maximum absolute atomic E-state index is 12.7. The molecule has 3 amide bonds. The molecular formula is C20H17N7O4. The Balaban J connectivity index is 1.53. The van der Waals surface area contributed by atoms with Crippen molar-refractivity contribution in [2.75, 3.05) is 16.0 Å². The number of carboxylic acid groups (broad SMARTS) is 1. The fourth-order valence-corrected chi connectivity index (χ4v) is 2.96. The molecule has 0 aliphatic heterocycles. The number of aromatic amines is 2. The van der Waals surface area contributed by atoms with Crippen molar-refractivity contribution < 1.29 is 19.5 Å². The van der Waals surface area contributed by atoms with Gasteiger partial charge in [-0.25, -0.2) is 14.8 Å². The Kier molecular flexibility index (Phi) is 5.06. The van der Waals surface area contributed by atoms with E-state index in [-0.39, 0.29) is 17.3 Å². The van der Waals surface area contributed by atoms with E-state index >= 15 is 0 Å². The second-order valence-corrected chi connectivity index (χ2v) is 6.60. The lowest BCUT2D eigenvalue weighted by atomic mass is 10.1. The van der Waals surface area contributed by atoms with E-state index in [0.717, 1.165) is 5.52 Å². The van der Waals surface area contributed by atoms with Gasteiger partial charge in [0.2, 0.25) is 5.95 Å². The van der Waals surface area contributed by atoms with Gasteiger partial charge in [-0.15, -0.1) is 0 Å². The Bertz CT molecular complexity index is 1270. The highest BCUT2D eigenvalue weighted by atomic mass is 16.4. The number of carbonyl (C=O) groups excluding carboxylic acids is 2. The highest BCUT2D eigenvalue weighted by molar-refractivity contribution is 6.13. The molecule has 2 aromatic heterocycles. The fourth-order valence-electron chi connectivity index (χ4n) is 2.96. The summed E-state index contributed by atoms with van der Waals surface area (Å²) < 4.78 is 0. The zero-order chi connectivity index (χ0) is 22.0. The molecule has 31 heavy (non-hydrogen) atoms. The number of hydrogen-bond acceptors (Lipinski definition) is 5. The van der Waals surface area contributed by atoms with Crippen molar-refractivity contribution in [2.24, 2.45) is 0 Å². The maximum Gasteiger partial charge on any atom is 0.409 e.